The average Bonchev–Trinajstić information content (AvgIpc) is 3.10. The normalized spacial score (nSPS) is 15.6. The lowest BCUT2D eigenvalue weighted by Crippen LogP contribution is -2.38. The maximum atomic E-state index is 12.9. The molecule has 0 saturated carbocycles. The van der Waals surface area contributed by atoms with E-state index in [-0.39, 0.29) is 17.0 Å². The maximum absolute atomic E-state index is 12.9. The second kappa shape index (κ2) is 9.18. The number of thioether (sulfide) groups is 1. The highest BCUT2D eigenvalue weighted by molar-refractivity contribution is 8.00. The van der Waals surface area contributed by atoms with Gasteiger partial charge in [0.25, 0.3) is 0 Å². The van der Waals surface area contributed by atoms with Crippen molar-refractivity contribution in [2.75, 3.05) is 31.2 Å². The number of aromatic nitrogens is 3. The Morgan fingerprint density at radius 1 is 1.30 bits per heavy atom. The Balaban J connectivity index is 1.59. The van der Waals surface area contributed by atoms with Crippen molar-refractivity contribution in [3.05, 3.63) is 35.6 Å². The fourth-order valence-corrected chi connectivity index (χ4v) is 3.72. The van der Waals surface area contributed by atoms with Gasteiger partial charge in [0.2, 0.25) is 11.9 Å². The van der Waals surface area contributed by atoms with Crippen LogP contribution in [-0.4, -0.2) is 52.2 Å². The van der Waals surface area contributed by atoms with Crippen molar-refractivity contribution in [3.8, 4) is 0 Å². The van der Waals surface area contributed by atoms with Crippen LogP contribution in [0.2, 0.25) is 0 Å². The molecule has 0 spiro atoms. The van der Waals surface area contributed by atoms with Crippen molar-refractivity contribution in [2.45, 2.75) is 37.3 Å². The number of halogens is 1. The minimum atomic E-state index is -0.322. The van der Waals surface area contributed by atoms with Gasteiger partial charge in [0, 0.05) is 26.2 Å². The summed E-state index contributed by atoms with van der Waals surface area (Å²) in [5, 5.41) is 11.9. The number of hydrogen-bond donors (Lipinski definition) is 1. The number of rotatable bonds is 7. The zero-order valence-electron chi connectivity index (χ0n) is 15.5. The third-order valence-corrected chi connectivity index (χ3v) is 5.42. The Kier molecular flexibility index (Phi) is 6.68. The Morgan fingerprint density at radius 2 is 2.00 bits per heavy atom. The Morgan fingerprint density at radius 3 is 2.67 bits per heavy atom. The predicted octanol–water partition coefficient (Wildman–Crippen LogP) is 2.07. The molecule has 0 aliphatic carbocycles. The summed E-state index contributed by atoms with van der Waals surface area (Å²) in [6.45, 7) is 7.91. The van der Waals surface area contributed by atoms with Gasteiger partial charge in [-0.25, -0.2) is 4.39 Å². The third kappa shape index (κ3) is 4.98. The molecule has 146 valence electrons. The number of nitrogens with one attached hydrogen (secondary N) is 1. The van der Waals surface area contributed by atoms with E-state index in [9.17, 15) is 9.18 Å². The highest BCUT2D eigenvalue weighted by Crippen LogP contribution is 2.26. The molecule has 2 aromatic rings. The van der Waals surface area contributed by atoms with Gasteiger partial charge < -0.3 is 15.0 Å². The Labute approximate surface area is 162 Å². The van der Waals surface area contributed by atoms with E-state index in [1.807, 2.05) is 18.4 Å². The van der Waals surface area contributed by atoms with Crippen LogP contribution in [0.1, 0.15) is 19.4 Å². The summed E-state index contributed by atoms with van der Waals surface area (Å²) in [6.07, 6.45) is 0. The van der Waals surface area contributed by atoms with Gasteiger partial charge in [0.15, 0.2) is 5.16 Å². The summed E-state index contributed by atoms with van der Waals surface area (Å²) in [7, 11) is 0. The maximum Gasteiger partial charge on any atom is 0.233 e. The van der Waals surface area contributed by atoms with E-state index >= 15 is 0 Å². The molecule has 7 nitrogen and oxygen atoms in total. The number of hydrogen-bond acceptors (Lipinski definition) is 6. The minimum Gasteiger partial charge on any atom is -0.378 e. The first-order valence-electron chi connectivity index (χ1n) is 9.03. The van der Waals surface area contributed by atoms with Gasteiger partial charge >= 0.3 is 0 Å². The summed E-state index contributed by atoms with van der Waals surface area (Å²) in [5.74, 6) is 0.439. The topological polar surface area (TPSA) is 72.3 Å². The van der Waals surface area contributed by atoms with Crippen LogP contribution in [0.25, 0.3) is 0 Å². The van der Waals surface area contributed by atoms with Gasteiger partial charge in [-0.1, -0.05) is 23.9 Å². The summed E-state index contributed by atoms with van der Waals surface area (Å²) in [6, 6.07) is 6.10. The number of benzene rings is 1. The first kappa shape index (κ1) is 19.6. The van der Waals surface area contributed by atoms with Crippen LogP contribution in [0.4, 0.5) is 10.3 Å². The molecule has 9 heteroatoms. The summed E-state index contributed by atoms with van der Waals surface area (Å²) < 4.78 is 20.4. The van der Waals surface area contributed by atoms with Crippen molar-refractivity contribution in [2.24, 2.45) is 0 Å². The third-order valence-electron chi connectivity index (χ3n) is 4.34. The highest BCUT2D eigenvalue weighted by Gasteiger charge is 2.23. The number of morpholine rings is 1. The van der Waals surface area contributed by atoms with Crippen molar-refractivity contribution < 1.29 is 13.9 Å². The second-order valence-electron chi connectivity index (χ2n) is 6.23. The van der Waals surface area contributed by atoms with Crippen LogP contribution < -0.4 is 10.2 Å². The van der Waals surface area contributed by atoms with Crippen molar-refractivity contribution >= 4 is 23.6 Å². The van der Waals surface area contributed by atoms with Gasteiger partial charge in [-0.05, 0) is 31.5 Å². The van der Waals surface area contributed by atoms with Gasteiger partial charge in [-0.3, -0.25) is 9.36 Å². The van der Waals surface area contributed by atoms with E-state index in [0.29, 0.717) is 19.8 Å². The van der Waals surface area contributed by atoms with Crippen LogP contribution in [0, 0.1) is 5.82 Å². The lowest BCUT2D eigenvalue weighted by atomic mass is 10.2. The van der Waals surface area contributed by atoms with E-state index < -0.39 is 0 Å². The first-order valence-corrected chi connectivity index (χ1v) is 9.91. The first-order chi connectivity index (χ1) is 13.1. The number of anilines is 1. The predicted molar refractivity (Wildman–Crippen MR) is 102 cm³/mol. The van der Waals surface area contributed by atoms with Crippen LogP contribution in [0.3, 0.4) is 0 Å². The number of ether oxygens (including phenoxy) is 1. The molecule has 1 fully saturated rings. The lowest BCUT2D eigenvalue weighted by molar-refractivity contribution is -0.120. The highest BCUT2D eigenvalue weighted by atomic mass is 32.2. The molecule has 0 radical (unpaired) electrons. The molecule has 1 aromatic carbocycles. The van der Waals surface area contributed by atoms with Crippen molar-refractivity contribution in [3.63, 3.8) is 0 Å². The van der Waals surface area contributed by atoms with Crippen LogP contribution in [0.5, 0.6) is 0 Å². The summed E-state index contributed by atoms with van der Waals surface area (Å²) >= 11 is 1.38. The Hall–Kier alpha value is -2.13. The van der Waals surface area contributed by atoms with E-state index in [1.54, 1.807) is 12.1 Å². The molecule has 1 aliphatic heterocycles. The van der Waals surface area contributed by atoms with E-state index in [4.69, 9.17) is 4.74 Å². The number of nitrogens with zero attached hydrogens (tertiary/aromatic N) is 4. The van der Waals surface area contributed by atoms with Crippen LogP contribution in [-0.2, 0) is 22.6 Å². The zero-order valence-corrected chi connectivity index (χ0v) is 16.3. The van der Waals surface area contributed by atoms with E-state index in [1.165, 1.54) is 23.9 Å². The fourth-order valence-electron chi connectivity index (χ4n) is 2.79. The smallest absolute Gasteiger partial charge is 0.233 e. The van der Waals surface area contributed by atoms with Crippen LogP contribution >= 0.6 is 11.8 Å². The molecule has 1 atom stereocenters. The van der Waals surface area contributed by atoms with Crippen LogP contribution in [0.15, 0.2) is 29.4 Å². The molecule has 1 N–H and O–H groups in total. The SMILES string of the molecule is CCn1c(S[C@H](C)C(=O)NCc2ccc(F)cc2)nnc1N1CCOCC1. The standard InChI is InChI=1S/C18H24FN5O2S/c1-3-24-17(23-8-10-26-11-9-23)21-22-18(24)27-13(2)16(25)20-12-14-4-6-15(19)7-5-14/h4-7,13H,3,8-12H2,1-2H3,(H,20,25)/t13-/m1/s1. The van der Waals surface area contributed by atoms with Gasteiger partial charge in [0.05, 0.1) is 18.5 Å². The van der Waals surface area contributed by atoms with E-state index in [2.05, 4.69) is 20.4 Å². The zero-order chi connectivity index (χ0) is 19.2. The molecular weight excluding hydrogens is 369 g/mol. The minimum absolute atomic E-state index is 0.0945. The molecule has 2 heterocycles. The summed E-state index contributed by atoms with van der Waals surface area (Å²) in [4.78, 5) is 14.6. The molecular formula is C18H24FN5O2S. The molecule has 27 heavy (non-hydrogen) atoms. The number of amides is 1. The average molecular weight is 393 g/mol. The van der Waals surface area contributed by atoms with Gasteiger partial charge in [-0.15, -0.1) is 10.2 Å². The second-order valence-corrected chi connectivity index (χ2v) is 7.54. The van der Waals surface area contributed by atoms with E-state index in [0.717, 1.165) is 36.3 Å². The van der Waals surface area contributed by atoms with Gasteiger partial charge in [-0.2, -0.15) is 0 Å². The number of carbonyl (C=O) groups excluding carboxylic acids is 1. The molecule has 1 aromatic heterocycles. The molecule has 1 amide bonds. The lowest BCUT2D eigenvalue weighted by Gasteiger charge is -2.27. The molecule has 0 unspecified atom stereocenters. The molecule has 3 rings (SSSR count). The molecule has 0 bridgehead atoms. The molecule has 1 saturated heterocycles. The largest absolute Gasteiger partial charge is 0.378 e. The van der Waals surface area contributed by atoms with Crippen molar-refractivity contribution in [1.82, 2.24) is 20.1 Å². The molecule has 1 aliphatic rings. The van der Waals surface area contributed by atoms with Crippen molar-refractivity contribution in [1.29, 1.82) is 0 Å². The Bertz CT molecular complexity index is 762. The van der Waals surface area contributed by atoms with Gasteiger partial charge in [0.1, 0.15) is 5.82 Å². The summed E-state index contributed by atoms with van der Waals surface area (Å²) in [5.41, 5.74) is 0.855. The monoisotopic (exact) mass is 393 g/mol. The number of carbonyl (C=O) groups is 1. The quantitative estimate of drug-likeness (QED) is 0.726. The fraction of sp³-hybridized carbons (Fsp3) is 0.500.